The Balaban J connectivity index is 1.92. The van der Waals surface area contributed by atoms with E-state index in [1.54, 1.807) is 17.0 Å². The van der Waals surface area contributed by atoms with Crippen molar-refractivity contribution in [2.45, 2.75) is 39.2 Å². The van der Waals surface area contributed by atoms with Crippen LogP contribution in [0, 0.1) is 0 Å². The van der Waals surface area contributed by atoms with Crippen molar-refractivity contribution in [3.63, 3.8) is 0 Å². The van der Waals surface area contributed by atoms with Gasteiger partial charge in [-0.3, -0.25) is 4.79 Å². The fourth-order valence-corrected chi connectivity index (χ4v) is 2.34. The molecule has 1 unspecified atom stereocenters. The van der Waals surface area contributed by atoms with Crippen molar-refractivity contribution in [2.75, 3.05) is 11.9 Å². The Morgan fingerprint density at radius 1 is 1.29 bits per heavy atom. The van der Waals surface area contributed by atoms with E-state index >= 15 is 0 Å². The Bertz CT molecular complexity index is 607. The first-order chi connectivity index (χ1) is 10.2. The Kier molecular flexibility index (Phi) is 5.55. The Labute approximate surface area is 125 Å². The van der Waals surface area contributed by atoms with Crippen LogP contribution in [0.15, 0.2) is 47.5 Å². The monoisotopic (exact) mass is 285 g/mol. The second kappa shape index (κ2) is 7.62. The predicted octanol–water partition coefficient (Wildman–Crippen LogP) is 3.26. The summed E-state index contributed by atoms with van der Waals surface area (Å²) < 4.78 is 1.70. The lowest BCUT2D eigenvalue weighted by atomic mass is 9.98. The fraction of sp³-hybridized carbons (Fsp3) is 0.412. The van der Waals surface area contributed by atoms with Crippen LogP contribution in [0.25, 0.3) is 0 Å². The lowest BCUT2D eigenvalue weighted by molar-refractivity contribution is 0.647. The Morgan fingerprint density at radius 2 is 2.05 bits per heavy atom. The molecule has 0 aliphatic carbocycles. The first kappa shape index (κ1) is 15.3. The molecule has 0 saturated heterocycles. The number of aryl methyl sites for hydroxylation is 1. The molecule has 1 aromatic carbocycles. The van der Waals surface area contributed by atoms with Crippen LogP contribution in [0.3, 0.4) is 0 Å². The smallest absolute Gasteiger partial charge is 0.293 e. The van der Waals surface area contributed by atoms with Gasteiger partial charge >= 0.3 is 0 Å². The van der Waals surface area contributed by atoms with Gasteiger partial charge < -0.3 is 9.88 Å². The summed E-state index contributed by atoms with van der Waals surface area (Å²) in [5, 5.41) is 3.17. The summed E-state index contributed by atoms with van der Waals surface area (Å²) in [5.41, 5.74) is 1.29. The molecule has 1 aromatic heterocycles. The second-order valence-corrected chi connectivity index (χ2v) is 5.30. The summed E-state index contributed by atoms with van der Waals surface area (Å²) in [6, 6.07) is 10.4. The third kappa shape index (κ3) is 4.18. The average Bonchev–Trinajstić information content (AvgIpc) is 2.52. The molecule has 0 bridgehead atoms. The van der Waals surface area contributed by atoms with Gasteiger partial charge in [0.15, 0.2) is 5.82 Å². The topological polar surface area (TPSA) is 46.9 Å². The van der Waals surface area contributed by atoms with E-state index in [0.717, 1.165) is 25.9 Å². The third-order valence-electron chi connectivity index (χ3n) is 3.62. The van der Waals surface area contributed by atoms with Gasteiger partial charge in [-0.25, -0.2) is 4.98 Å². The molecule has 0 aliphatic heterocycles. The number of benzene rings is 1. The van der Waals surface area contributed by atoms with Crippen molar-refractivity contribution in [3.8, 4) is 0 Å². The maximum atomic E-state index is 12.1. The standard InChI is InChI=1S/C17H23N3O/c1-3-12-20-13-11-19-16(17(20)21)18-10-9-14(2)15-7-5-4-6-8-15/h4-8,11,13-14H,3,9-10,12H2,1-2H3,(H,18,19). The zero-order valence-corrected chi connectivity index (χ0v) is 12.7. The molecule has 21 heavy (non-hydrogen) atoms. The lowest BCUT2D eigenvalue weighted by Crippen LogP contribution is -2.24. The highest BCUT2D eigenvalue weighted by atomic mass is 16.1. The number of nitrogens with one attached hydrogen (secondary N) is 1. The van der Waals surface area contributed by atoms with Crippen molar-refractivity contribution in [1.29, 1.82) is 0 Å². The molecule has 0 saturated carbocycles. The normalized spacial score (nSPS) is 12.1. The van der Waals surface area contributed by atoms with Crippen LogP contribution >= 0.6 is 0 Å². The molecule has 4 heteroatoms. The van der Waals surface area contributed by atoms with E-state index in [0.29, 0.717) is 11.7 Å². The van der Waals surface area contributed by atoms with Gasteiger partial charge in [0, 0.05) is 25.5 Å². The van der Waals surface area contributed by atoms with E-state index in [1.165, 1.54) is 5.56 Å². The summed E-state index contributed by atoms with van der Waals surface area (Å²) in [4.78, 5) is 16.3. The Hall–Kier alpha value is -2.10. The molecule has 0 amide bonds. The quantitative estimate of drug-likeness (QED) is 0.849. The molecule has 0 radical (unpaired) electrons. The summed E-state index contributed by atoms with van der Waals surface area (Å²) in [5.74, 6) is 0.909. The molecule has 1 atom stereocenters. The SMILES string of the molecule is CCCn1ccnc(NCCC(C)c2ccccc2)c1=O. The van der Waals surface area contributed by atoms with Gasteiger partial charge in [-0.2, -0.15) is 0 Å². The zero-order chi connectivity index (χ0) is 15.1. The van der Waals surface area contributed by atoms with Crippen molar-refractivity contribution in [2.24, 2.45) is 0 Å². The van der Waals surface area contributed by atoms with Crippen LogP contribution < -0.4 is 10.9 Å². The highest BCUT2D eigenvalue weighted by Crippen LogP contribution is 2.17. The predicted molar refractivity (Wildman–Crippen MR) is 86.8 cm³/mol. The molecule has 1 heterocycles. The minimum atomic E-state index is -0.0354. The summed E-state index contributed by atoms with van der Waals surface area (Å²) in [6.07, 6.45) is 5.33. The molecule has 0 fully saturated rings. The largest absolute Gasteiger partial charge is 0.365 e. The maximum Gasteiger partial charge on any atom is 0.293 e. The van der Waals surface area contributed by atoms with Crippen LogP contribution in [0.1, 0.15) is 38.2 Å². The van der Waals surface area contributed by atoms with Gasteiger partial charge in [-0.05, 0) is 24.3 Å². The summed E-state index contributed by atoms with van der Waals surface area (Å²) >= 11 is 0. The van der Waals surface area contributed by atoms with Gasteiger partial charge in [-0.15, -0.1) is 0 Å². The minimum absolute atomic E-state index is 0.0354. The van der Waals surface area contributed by atoms with Crippen molar-refractivity contribution in [3.05, 3.63) is 58.6 Å². The van der Waals surface area contributed by atoms with E-state index in [-0.39, 0.29) is 5.56 Å². The summed E-state index contributed by atoms with van der Waals surface area (Å²) in [6.45, 7) is 5.73. The van der Waals surface area contributed by atoms with Crippen LogP contribution in [-0.4, -0.2) is 16.1 Å². The van der Waals surface area contributed by atoms with Gasteiger partial charge in [0.05, 0.1) is 0 Å². The van der Waals surface area contributed by atoms with Gasteiger partial charge in [0.1, 0.15) is 0 Å². The number of hydrogen-bond acceptors (Lipinski definition) is 3. The van der Waals surface area contributed by atoms with E-state index in [4.69, 9.17) is 0 Å². The van der Waals surface area contributed by atoms with Gasteiger partial charge in [0.25, 0.3) is 5.56 Å². The van der Waals surface area contributed by atoms with E-state index < -0.39 is 0 Å². The highest BCUT2D eigenvalue weighted by molar-refractivity contribution is 5.30. The van der Waals surface area contributed by atoms with Crippen LogP contribution in [-0.2, 0) is 6.54 Å². The number of hydrogen-bond donors (Lipinski definition) is 1. The molecule has 2 rings (SSSR count). The van der Waals surface area contributed by atoms with Gasteiger partial charge in [-0.1, -0.05) is 44.2 Å². The first-order valence-electron chi connectivity index (χ1n) is 7.56. The lowest BCUT2D eigenvalue weighted by Gasteiger charge is -2.13. The fourth-order valence-electron chi connectivity index (χ4n) is 2.34. The molecular weight excluding hydrogens is 262 g/mol. The average molecular weight is 285 g/mol. The number of rotatable bonds is 7. The van der Waals surface area contributed by atoms with Crippen molar-refractivity contribution >= 4 is 5.82 Å². The molecule has 0 aliphatic rings. The highest BCUT2D eigenvalue weighted by Gasteiger charge is 2.07. The molecule has 2 aromatic rings. The molecular formula is C17H23N3O. The first-order valence-corrected chi connectivity index (χ1v) is 7.56. The van der Waals surface area contributed by atoms with Crippen LogP contribution in [0.2, 0.25) is 0 Å². The van der Waals surface area contributed by atoms with Crippen LogP contribution in [0.5, 0.6) is 0 Å². The summed E-state index contributed by atoms with van der Waals surface area (Å²) in [7, 11) is 0. The van der Waals surface area contributed by atoms with Crippen molar-refractivity contribution < 1.29 is 0 Å². The number of aromatic nitrogens is 2. The second-order valence-electron chi connectivity index (χ2n) is 5.30. The van der Waals surface area contributed by atoms with E-state index in [1.807, 2.05) is 6.07 Å². The van der Waals surface area contributed by atoms with Gasteiger partial charge in [0.2, 0.25) is 0 Å². The molecule has 1 N–H and O–H groups in total. The number of nitrogens with zero attached hydrogens (tertiary/aromatic N) is 2. The van der Waals surface area contributed by atoms with Crippen molar-refractivity contribution in [1.82, 2.24) is 9.55 Å². The maximum absolute atomic E-state index is 12.1. The molecule has 112 valence electrons. The zero-order valence-electron chi connectivity index (χ0n) is 12.7. The third-order valence-corrected chi connectivity index (χ3v) is 3.62. The number of anilines is 1. The molecule has 4 nitrogen and oxygen atoms in total. The van der Waals surface area contributed by atoms with E-state index in [9.17, 15) is 4.79 Å². The molecule has 0 spiro atoms. The van der Waals surface area contributed by atoms with Crippen LogP contribution in [0.4, 0.5) is 5.82 Å². The van der Waals surface area contributed by atoms with E-state index in [2.05, 4.69) is 48.4 Å². The minimum Gasteiger partial charge on any atom is -0.365 e. The Morgan fingerprint density at radius 3 is 2.76 bits per heavy atom.